The summed E-state index contributed by atoms with van der Waals surface area (Å²) in [6.07, 6.45) is 1.87. The molecule has 0 fully saturated rings. The topological polar surface area (TPSA) is 61.6 Å². The normalized spacial score (nSPS) is 10.8. The summed E-state index contributed by atoms with van der Waals surface area (Å²) in [4.78, 5) is 2.05. The van der Waals surface area contributed by atoms with Gasteiger partial charge < -0.3 is 19.1 Å². The number of benzene rings is 2. The zero-order valence-electron chi connectivity index (χ0n) is 15.2. The van der Waals surface area contributed by atoms with Crippen LogP contribution in [0.4, 0.5) is 10.1 Å². The quantitative estimate of drug-likeness (QED) is 0.424. The molecule has 0 saturated heterocycles. The minimum absolute atomic E-state index is 0.0181. The number of alkyl halides is 1. The number of rotatable bonds is 9. The summed E-state index contributed by atoms with van der Waals surface area (Å²) >= 11 is 0. The molecule has 0 aliphatic carbocycles. The Morgan fingerprint density at radius 2 is 1.70 bits per heavy atom. The van der Waals surface area contributed by atoms with Gasteiger partial charge in [-0.2, -0.15) is 0 Å². The summed E-state index contributed by atoms with van der Waals surface area (Å²) in [5.41, 5.74) is 3.77. The highest BCUT2D eigenvalue weighted by Crippen LogP contribution is 2.22. The fraction of sp³-hybridized carbons (Fsp3) is 0.263. The lowest BCUT2D eigenvalue weighted by Gasteiger charge is -2.11. The van der Waals surface area contributed by atoms with Gasteiger partial charge >= 0.3 is 0 Å². The molecule has 0 atom stereocenters. The molecular formula is C19H21FN4O3. The van der Waals surface area contributed by atoms with Crippen LogP contribution in [0, 0.1) is 0 Å². The standard InChI is InChI=1S/C19H21FN4O3/c1-23(2)16-5-3-15(4-6-16)19-11-24(22-21-19)17-7-9-18(10-8-17)27-14-26-13-25-12-20/h3-11H,12-14H2,1-2H3. The van der Waals surface area contributed by atoms with Gasteiger partial charge in [-0.1, -0.05) is 17.3 Å². The molecular weight excluding hydrogens is 351 g/mol. The van der Waals surface area contributed by atoms with E-state index < -0.39 is 6.86 Å². The fourth-order valence-corrected chi connectivity index (χ4v) is 2.38. The van der Waals surface area contributed by atoms with Crippen LogP contribution in [0.15, 0.2) is 54.7 Å². The molecule has 0 N–H and O–H groups in total. The molecule has 0 bridgehead atoms. The van der Waals surface area contributed by atoms with Gasteiger partial charge in [0.1, 0.15) is 11.4 Å². The molecule has 1 aromatic heterocycles. The van der Waals surface area contributed by atoms with Crippen molar-refractivity contribution in [1.29, 1.82) is 0 Å². The molecule has 1 heterocycles. The number of aromatic nitrogens is 3. The first-order valence-electron chi connectivity index (χ1n) is 8.32. The summed E-state index contributed by atoms with van der Waals surface area (Å²) in [6.45, 7) is -1.05. The van der Waals surface area contributed by atoms with Gasteiger partial charge in [0, 0.05) is 25.3 Å². The summed E-state index contributed by atoms with van der Waals surface area (Å²) in [6, 6.07) is 15.4. The number of anilines is 1. The second kappa shape index (κ2) is 9.11. The smallest absolute Gasteiger partial charge is 0.191 e. The van der Waals surface area contributed by atoms with Crippen molar-refractivity contribution in [3.63, 3.8) is 0 Å². The lowest BCUT2D eigenvalue weighted by Crippen LogP contribution is -2.07. The van der Waals surface area contributed by atoms with Gasteiger partial charge in [-0.05, 0) is 36.4 Å². The van der Waals surface area contributed by atoms with Crippen molar-refractivity contribution in [3.8, 4) is 22.7 Å². The number of hydrogen-bond donors (Lipinski definition) is 0. The summed E-state index contributed by atoms with van der Waals surface area (Å²) in [5, 5.41) is 8.43. The minimum atomic E-state index is -0.881. The number of hydrogen-bond acceptors (Lipinski definition) is 6. The van der Waals surface area contributed by atoms with Gasteiger partial charge in [0.05, 0.1) is 11.9 Å². The first-order valence-corrected chi connectivity index (χ1v) is 8.32. The van der Waals surface area contributed by atoms with E-state index in [2.05, 4.69) is 15.0 Å². The van der Waals surface area contributed by atoms with Crippen molar-refractivity contribution < 1.29 is 18.6 Å². The number of nitrogens with zero attached hydrogens (tertiary/aromatic N) is 4. The van der Waals surface area contributed by atoms with Gasteiger partial charge in [0.25, 0.3) is 0 Å². The monoisotopic (exact) mass is 372 g/mol. The van der Waals surface area contributed by atoms with Crippen LogP contribution in [-0.4, -0.2) is 49.5 Å². The zero-order chi connectivity index (χ0) is 19.1. The third-order valence-electron chi connectivity index (χ3n) is 3.83. The van der Waals surface area contributed by atoms with Crippen molar-refractivity contribution >= 4 is 5.69 Å². The molecule has 0 spiro atoms. The van der Waals surface area contributed by atoms with Crippen LogP contribution in [0.1, 0.15) is 0 Å². The molecule has 0 aliphatic heterocycles. The molecule has 8 heteroatoms. The maximum atomic E-state index is 11.8. The van der Waals surface area contributed by atoms with E-state index >= 15 is 0 Å². The first-order chi connectivity index (χ1) is 13.2. The summed E-state index contributed by atoms with van der Waals surface area (Å²) < 4.78 is 28.2. The lowest BCUT2D eigenvalue weighted by molar-refractivity contribution is -0.118. The van der Waals surface area contributed by atoms with E-state index in [1.165, 1.54) is 0 Å². The predicted molar refractivity (Wildman–Crippen MR) is 99.6 cm³/mol. The maximum absolute atomic E-state index is 11.8. The van der Waals surface area contributed by atoms with E-state index in [0.29, 0.717) is 5.75 Å². The average molecular weight is 372 g/mol. The van der Waals surface area contributed by atoms with Gasteiger partial charge in [-0.15, -0.1) is 5.10 Å². The Labute approximate surface area is 156 Å². The maximum Gasteiger partial charge on any atom is 0.191 e. The molecule has 7 nitrogen and oxygen atoms in total. The number of halogens is 1. The molecule has 0 radical (unpaired) electrons. The zero-order valence-corrected chi connectivity index (χ0v) is 15.2. The predicted octanol–water partition coefficient (Wildman–Crippen LogP) is 3.25. The third-order valence-corrected chi connectivity index (χ3v) is 3.83. The SMILES string of the molecule is CN(C)c1ccc(-c2cn(-c3ccc(OCOCOCF)cc3)nn2)cc1. The van der Waals surface area contributed by atoms with Gasteiger partial charge in [-0.3, -0.25) is 0 Å². The van der Waals surface area contributed by atoms with Crippen LogP contribution in [0.25, 0.3) is 16.9 Å². The lowest BCUT2D eigenvalue weighted by atomic mass is 10.1. The molecule has 142 valence electrons. The Bertz CT molecular complexity index is 835. The molecule has 0 unspecified atom stereocenters. The third kappa shape index (κ3) is 5.02. The highest BCUT2D eigenvalue weighted by molar-refractivity contribution is 5.62. The van der Waals surface area contributed by atoms with E-state index in [1.54, 1.807) is 16.8 Å². The fourth-order valence-electron chi connectivity index (χ4n) is 2.38. The van der Waals surface area contributed by atoms with Gasteiger partial charge in [0.2, 0.25) is 0 Å². The molecule has 0 amide bonds. The van der Waals surface area contributed by atoms with Crippen molar-refractivity contribution in [2.45, 2.75) is 0 Å². The molecule has 3 rings (SSSR count). The van der Waals surface area contributed by atoms with Crippen LogP contribution in [0.5, 0.6) is 5.75 Å². The second-order valence-electron chi connectivity index (χ2n) is 5.88. The van der Waals surface area contributed by atoms with Crippen LogP contribution in [-0.2, 0) is 9.47 Å². The van der Waals surface area contributed by atoms with E-state index in [1.807, 2.05) is 61.6 Å². The Balaban J connectivity index is 1.62. The Kier molecular flexibility index (Phi) is 6.35. The summed E-state index contributed by atoms with van der Waals surface area (Å²) in [5.74, 6) is 0.624. The van der Waals surface area contributed by atoms with Crippen LogP contribution >= 0.6 is 0 Å². The molecule has 2 aromatic carbocycles. The van der Waals surface area contributed by atoms with E-state index in [4.69, 9.17) is 9.47 Å². The van der Waals surface area contributed by atoms with Crippen molar-refractivity contribution in [2.75, 3.05) is 39.4 Å². The van der Waals surface area contributed by atoms with E-state index in [0.717, 1.165) is 22.6 Å². The Hall–Kier alpha value is -2.97. The van der Waals surface area contributed by atoms with Crippen LogP contribution < -0.4 is 9.64 Å². The summed E-state index contributed by atoms with van der Waals surface area (Å²) in [7, 11) is 4.01. The van der Waals surface area contributed by atoms with Crippen LogP contribution in [0.3, 0.4) is 0 Å². The van der Waals surface area contributed by atoms with E-state index in [-0.39, 0.29) is 13.6 Å². The second-order valence-corrected chi connectivity index (χ2v) is 5.88. The van der Waals surface area contributed by atoms with Crippen molar-refractivity contribution in [1.82, 2.24) is 15.0 Å². The highest BCUT2D eigenvalue weighted by atomic mass is 19.1. The Morgan fingerprint density at radius 1 is 0.963 bits per heavy atom. The molecule has 3 aromatic rings. The molecule has 0 aliphatic rings. The van der Waals surface area contributed by atoms with Gasteiger partial charge in [0.15, 0.2) is 20.4 Å². The number of ether oxygens (including phenoxy) is 3. The van der Waals surface area contributed by atoms with Gasteiger partial charge in [-0.25, -0.2) is 9.07 Å². The minimum Gasteiger partial charge on any atom is -0.467 e. The van der Waals surface area contributed by atoms with Crippen LogP contribution in [0.2, 0.25) is 0 Å². The largest absolute Gasteiger partial charge is 0.467 e. The Morgan fingerprint density at radius 3 is 2.37 bits per heavy atom. The van der Waals surface area contributed by atoms with Crippen molar-refractivity contribution in [2.24, 2.45) is 0 Å². The average Bonchev–Trinajstić information content (AvgIpc) is 3.18. The first kappa shape index (κ1) is 18.8. The molecule has 0 saturated carbocycles. The van der Waals surface area contributed by atoms with Crippen molar-refractivity contribution in [3.05, 3.63) is 54.7 Å². The highest BCUT2D eigenvalue weighted by Gasteiger charge is 2.06. The van der Waals surface area contributed by atoms with E-state index in [9.17, 15) is 4.39 Å². The molecule has 27 heavy (non-hydrogen) atoms.